The summed E-state index contributed by atoms with van der Waals surface area (Å²) in [5.74, 6) is 0.240. The molecule has 0 atom stereocenters. The molecule has 5 rings (SSSR count). The maximum absolute atomic E-state index is 13.0. The Morgan fingerprint density at radius 3 is 2.63 bits per heavy atom. The molecule has 1 N–H and O–H groups in total. The van der Waals surface area contributed by atoms with Gasteiger partial charge in [-0.2, -0.15) is 5.26 Å². The molecule has 2 aromatic carbocycles. The van der Waals surface area contributed by atoms with Gasteiger partial charge in [0, 0.05) is 62.6 Å². The monoisotopic (exact) mass is 471 g/mol. The Balaban J connectivity index is 1.29. The summed E-state index contributed by atoms with van der Waals surface area (Å²) in [6, 6.07) is 17.6. The molecular weight excluding hydrogens is 442 g/mol. The van der Waals surface area contributed by atoms with Crippen LogP contribution in [0.4, 0.5) is 11.4 Å². The van der Waals surface area contributed by atoms with Crippen molar-refractivity contribution in [3.8, 4) is 11.8 Å². The number of benzene rings is 2. The number of anilines is 2. The summed E-state index contributed by atoms with van der Waals surface area (Å²) in [6.45, 7) is 5.39. The summed E-state index contributed by atoms with van der Waals surface area (Å²) in [4.78, 5) is 22.2. The number of nitrogens with zero attached hydrogens (tertiary/aromatic N) is 4. The number of piperazine rings is 1. The second-order valence-electron chi connectivity index (χ2n) is 8.89. The van der Waals surface area contributed by atoms with E-state index < -0.39 is 0 Å². The Hall–Kier alpha value is -3.67. The fourth-order valence-electron chi connectivity index (χ4n) is 4.98. The second kappa shape index (κ2) is 10.3. The van der Waals surface area contributed by atoms with Crippen molar-refractivity contribution in [3.63, 3.8) is 0 Å². The van der Waals surface area contributed by atoms with Gasteiger partial charge in [-0.3, -0.25) is 9.69 Å². The number of aromatic nitrogens is 1. The van der Waals surface area contributed by atoms with Crippen LogP contribution in [0, 0.1) is 11.3 Å². The first-order valence-corrected chi connectivity index (χ1v) is 12.0. The highest BCUT2D eigenvalue weighted by molar-refractivity contribution is 6.05. The van der Waals surface area contributed by atoms with Crippen LogP contribution in [0.25, 0.3) is 10.9 Å². The van der Waals surface area contributed by atoms with Crippen molar-refractivity contribution in [2.24, 2.45) is 0 Å². The SMILES string of the molecule is COc1cc(C(=O)Nc2ccc(N3CCN(C4CCOCC4)CC3)c(C#N)c2)nc2ccccc12. The summed E-state index contributed by atoms with van der Waals surface area (Å²) >= 11 is 0. The third-order valence-corrected chi connectivity index (χ3v) is 6.87. The second-order valence-corrected chi connectivity index (χ2v) is 8.89. The van der Waals surface area contributed by atoms with E-state index in [1.165, 1.54) is 0 Å². The van der Waals surface area contributed by atoms with E-state index in [-0.39, 0.29) is 11.6 Å². The number of hydrogen-bond donors (Lipinski definition) is 1. The van der Waals surface area contributed by atoms with Crippen molar-refractivity contribution >= 4 is 28.2 Å². The van der Waals surface area contributed by atoms with Crippen LogP contribution in [0.5, 0.6) is 5.75 Å². The zero-order valence-electron chi connectivity index (χ0n) is 19.9. The predicted molar refractivity (Wildman–Crippen MR) is 135 cm³/mol. The molecule has 35 heavy (non-hydrogen) atoms. The van der Waals surface area contributed by atoms with Crippen molar-refractivity contribution in [2.45, 2.75) is 18.9 Å². The van der Waals surface area contributed by atoms with Crippen LogP contribution in [0.1, 0.15) is 28.9 Å². The number of ether oxygens (including phenoxy) is 2. The van der Waals surface area contributed by atoms with Gasteiger partial charge in [-0.25, -0.2) is 4.98 Å². The van der Waals surface area contributed by atoms with Gasteiger partial charge in [-0.05, 0) is 43.2 Å². The van der Waals surface area contributed by atoms with Gasteiger partial charge in [-0.1, -0.05) is 12.1 Å². The first kappa shape index (κ1) is 23.1. The Kier molecular flexibility index (Phi) is 6.80. The molecule has 0 spiro atoms. The van der Waals surface area contributed by atoms with Gasteiger partial charge in [0.1, 0.15) is 17.5 Å². The normalized spacial score (nSPS) is 17.2. The van der Waals surface area contributed by atoms with Crippen molar-refractivity contribution in [1.82, 2.24) is 9.88 Å². The fraction of sp³-hybridized carbons (Fsp3) is 0.370. The van der Waals surface area contributed by atoms with E-state index in [0.717, 1.165) is 63.3 Å². The summed E-state index contributed by atoms with van der Waals surface area (Å²) in [5.41, 5.74) is 2.95. The fourth-order valence-corrected chi connectivity index (χ4v) is 4.98. The van der Waals surface area contributed by atoms with Gasteiger partial charge in [0.2, 0.25) is 0 Å². The van der Waals surface area contributed by atoms with Crippen LogP contribution in [-0.2, 0) is 4.74 Å². The van der Waals surface area contributed by atoms with E-state index in [0.29, 0.717) is 28.6 Å². The lowest BCUT2D eigenvalue weighted by Crippen LogP contribution is -2.51. The molecule has 0 radical (unpaired) electrons. The Morgan fingerprint density at radius 1 is 1.11 bits per heavy atom. The molecule has 2 aliphatic rings. The molecule has 1 aromatic heterocycles. The average Bonchev–Trinajstić information content (AvgIpc) is 2.93. The number of hydrogen-bond acceptors (Lipinski definition) is 7. The summed E-state index contributed by atoms with van der Waals surface area (Å²) in [5, 5.41) is 13.6. The van der Waals surface area contributed by atoms with Crippen molar-refractivity contribution < 1.29 is 14.3 Å². The highest BCUT2D eigenvalue weighted by atomic mass is 16.5. The molecule has 0 saturated carbocycles. The summed E-state index contributed by atoms with van der Waals surface area (Å²) in [6.07, 6.45) is 2.19. The first-order valence-electron chi connectivity index (χ1n) is 12.0. The zero-order valence-corrected chi connectivity index (χ0v) is 19.9. The summed E-state index contributed by atoms with van der Waals surface area (Å²) < 4.78 is 11.0. The van der Waals surface area contributed by atoms with Crippen LogP contribution < -0.4 is 15.0 Å². The maximum Gasteiger partial charge on any atom is 0.274 e. The molecule has 2 saturated heterocycles. The van der Waals surface area contributed by atoms with Gasteiger partial charge in [0.25, 0.3) is 5.91 Å². The first-order chi connectivity index (χ1) is 17.2. The minimum absolute atomic E-state index is 0.257. The molecule has 180 valence electrons. The summed E-state index contributed by atoms with van der Waals surface area (Å²) in [7, 11) is 1.57. The van der Waals surface area contributed by atoms with Crippen molar-refractivity contribution in [3.05, 3.63) is 59.8 Å². The van der Waals surface area contributed by atoms with E-state index >= 15 is 0 Å². The zero-order chi connectivity index (χ0) is 24.2. The lowest BCUT2D eigenvalue weighted by Gasteiger charge is -2.41. The highest BCUT2D eigenvalue weighted by Gasteiger charge is 2.26. The van der Waals surface area contributed by atoms with Gasteiger partial charge >= 0.3 is 0 Å². The average molecular weight is 472 g/mol. The maximum atomic E-state index is 13.0. The Morgan fingerprint density at radius 2 is 1.89 bits per heavy atom. The molecule has 1 amide bonds. The Labute approximate surface area is 205 Å². The minimum Gasteiger partial charge on any atom is -0.496 e. The third-order valence-electron chi connectivity index (χ3n) is 6.87. The van der Waals surface area contributed by atoms with E-state index in [9.17, 15) is 10.1 Å². The molecule has 8 nitrogen and oxygen atoms in total. The van der Waals surface area contributed by atoms with Crippen molar-refractivity contribution in [2.75, 3.05) is 56.7 Å². The molecule has 2 aliphatic heterocycles. The van der Waals surface area contributed by atoms with Crippen LogP contribution >= 0.6 is 0 Å². The van der Waals surface area contributed by atoms with E-state index in [1.807, 2.05) is 36.4 Å². The largest absolute Gasteiger partial charge is 0.496 e. The predicted octanol–water partition coefficient (Wildman–Crippen LogP) is 3.67. The molecule has 2 fully saturated rings. The van der Waals surface area contributed by atoms with Crippen LogP contribution in [0.2, 0.25) is 0 Å². The molecule has 8 heteroatoms. The number of pyridine rings is 1. The van der Waals surface area contributed by atoms with E-state index in [4.69, 9.17) is 9.47 Å². The minimum atomic E-state index is -0.351. The number of carbonyl (C=O) groups is 1. The number of methoxy groups -OCH3 is 1. The number of amides is 1. The van der Waals surface area contributed by atoms with Crippen LogP contribution in [0.15, 0.2) is 48.5 Å². The van der Waals surface area contributed by atoms with Gasteiger partial charge in [0.15, 0.2) is 0 Å². The number of carbonyl (C=O) groups excluding carboxylic acids is 1. The number of fused-ring (bicyclic) bond motifs is 1. The highest BCUT2D eigenvalue weighted by Crippen LogP contribution is 2.28. The number of rotatable bonds is 5. The topological polar surface area (TPSA) is 90.7 Å². The number of nitrogens with one attached hydrogen (secondary N) is 1. The number of para-hydroxylation sites is 1. The lowest BCUT2D eigenvalue weighted by molar-refractivity contribution is 0.0321. The standard InChI is InChI=1S/C27H29N5O3/c1-34-26-17-24(30-23-5-3-2-4-22(23)26)27(33)29-20-6-7-25(19(16-20)18-28)32-12-10-31(11-13-32)21-8-14-35-15-9-21/h2-7,16-17,21H,8-15H2,1H3,(H,29,33). The lowest BCUT2D eigenvalue weighted by atomic mass is 10.1. The molecule has 3 heterocycles. The van der Waals surface area contributed by atoms with E-state index in [2.05, 4.69) is 26.2 Å². The van der Waals surface area contributed by atoms with Gasteiger partial charge in [0.05, 0.1) is 23.9 Å². The molecule has 0 unspecified atom stereocenters. The Bertz CT molecular complexity index is 1260. The van der Waals surface area contributed by atoms with Crippen molar-refractivity contribution in [1.29, 1.82) is 5.26 Å². The quantitative estimate of drug-likeness (QED) is 0.607. The third kappa shape index (κ3) is 4.92. The van der Waals surface area contributed by atoms with Crippen LogP contribution in [-0.4, -0.2) is 68.3 Å². The molecule has 3 aromatic rings. The molecule has 0 bridgehead atoms. The van der Waals surface area contributed by atoms with Gasteiger partial charge < -0.3 is 19.7 Å². The number of nitriles is 1. The smallest absolute Gasteiger partial charge is 0.274 e. The van der Waals surface area contributed by atoms with E-state index in [1.54, 1.807) is 19.2 Å². The van der Waals surface area contributed by atoms with Crippen LogP contribution in [0.3, 0.4) is 0 Å². The van der Waals surface area contributed by atoms with Gasteiger partial charge in [-0.15, -0.1) is 0 Å². The molecular formula is C27H29N5O3. The molecule has 0 aliphatic carbocycles.